The van der Waals surface area contributed by atoms with Crippen LogP contribution < -0.4 is 5.73 Å². The van der Waals surface area contributed by atoms with Crippen molar-refractivity contribution in [3.8, 4) is 0 Å². The van der Waals surface area contributed by atoms with Crippen LogP contribution in [0.4, 0.5) is 0 Å². The van der Waals surface area contributed by atoms with Crippen LogP contribution in [0.1, 0.15) is 23.3 Å². The van der Waals surface area contributed by atoms with Crippen molar-refractivity contribution < 1.29 is 4.79 Å². The summed E-state index contributed by atoms with van der Waals surface area (Å²) in [5.74, 6) is 0.00440. The van der Waals surface area contributed by atoms with Gasteiger partial charge in [-0.1, -0.05) is 18.2 Å². The smallest absolute Gasteiger partial charge is 0.275 e. The molecule has 1 aromatic heterocycles. The van der Waals surface area contributed by atoms with Gasteiger partial charge in [0.05, 0.1) is 5.52 Å². The van der Waals surface area contributed by atoms with Gasteiger partial charge >= 0.3 is 0 Å². The van der Waals surface area contributed by atoms with Crippen molar-refractivity contribution >= 4 is 16.8 Å². The molecule has 0 saturated heterocycles. The van der Waals surface area contributed by atoms with Gasteiger partial charge in [0.2, 0.25) is 0 Å². The lowest BCUT2D eigenvalue weighted by molar-refractivity contribution is 0.0743. The number of fused-ring (bicyclic) bond motifs is 1. The molecule has 0 radical (unpaired) electrons. The van der Waals surface area contributed by atoms with Gasteiger partial charge < -0.3 is 10.6 Å². The summed E-state index contributed by atoms with van der Waals surface area (Å²) in [5, 5.41) is 5.30. The Hall–Kier alpha value is -1.88. The molecule has 1 heterocycles. The number of aryl methyl sites for hydroxylation is 1. The summed E-state index contributed by atoms with van der Waals surface area (Å²) in [6, 6.07) is 8.17. The third-order valence-corrected chi connectivity index (χ3v) is 3.58. The van der Waals surface area contributed by atoms with Crippen molar-refractivity contribution in [2.45, 2.75) is 18.9 Å². The molecule has 0 unspecified atom stereocenters. The van der Waals surface area contributed by atoms with Crippen LogP contribution in [0.15, 0.2) is 24.3 Å². The number of benzene rings is 1. The second kappa shape index (κ2) is 4.66. The van der Waals surface area contributed by atoms with Gasteiger partial charge in [-0.05, 0) is 18.9 Å². The maximum Gasteiger partial charge on any atom is 0.275 e. The average Bonchev–Trinajstić information content (AvgIpc) is 3.21. The number of carbonyl (C=O) groups excluding carboxylic acids is 1. The molecule has 2 N–H and O–H groups in total. The van der Waals surface area contributed by atoms with Crippen molar-refractivity contribution in [3.63, 3.8) is 0 Å². The monoisotopic (exact) mass is 258 g/mol. The van der Waals surface area contributed by atoms with E-state index in [9.17, 15) is 4.79 Å². The maximum atomic E-state index is 12.6. The first-order valence-electron chi connectivity index (χ1n) is 6.65. The van der Waals surface area contributed by atoms with Gasteiger partial charge in [-0.3, -0.25) is 9.48 Å². The molecule has 5 heteroatoms. The van der Waals surface area contributed by atoms with Gasteiger partial charge in [0, 0.05) is 31.6 Å². The molecular formula is C14H18N4O. The highest BCUT2D eigenvalue weighted by atomic mass is 16.2. The van der Waals surface area contributed by atoms with Crippen LogP contribution in [0, 0.1) is 0 Å². The van der Waals surface area contributed by atoms with Crippen molar-refractivity contribution in [1.29, 1.82) is 0 Å². The number of nitrogens with two attached hydrogens (primary N) is 1. The minimum absolute atomic E-state index is 0.00440. The predicted octanol–water partition coefficient (Wildman–Crippen LogP) is 1.14. The molecule has 2 aromatic rings. The fourth-order valence-corrected chi connectivity index (χ4v) is 2.48. The van der Waals surface area contributed by atoms with E-state index in [4.69, 9.17) is 5.73 Å². The fraction of sp³-hybridized carbons (Fsp3) is 0.429. The van der Waals surface area contributed by atoms with Crippen LogP contribution in [0.25, 0.3) is 10.9 Å². The number of hydrogen-bond donors (Lipinski definition) is 1. The highest BCUT2D eigenvalue weighted by Crippen LogP contribution is 2.29. The number of carbonyl (C=O) groups is 1. The van der Waals surface area contributed by atoms with E-state index in [1.165, 1.54) is 0 Å². The molecule has 0 bridgehead atoms. The second-order valence-electron chi connectivity index (χ2n) is 5.01. The lowest BCUT2D eigenvalue weighted by Crippen LogP contribution is -2.37. The zero-order valence-electron chi connectivity index (χ0n) is 11.0. The Morgan fingerprint density at radius 2 is 2.21 bits per heavy atom. The van der Waals surface area contributed by atoms with E-state index in [-0.39, 0.29) is 5.91 Å². The molecule has 100 valence electrons. The molecule has 1 aliphatic carbocycles. The highest BCUT2D eigenvalue weighted by Gasteiger charge is 2.34. The van der Waals surface area contributed by atoms with Crippen LogP contribution in [-0.4, -0.2) is 39.7 Å². The molecule has 5 nitrogen and oxygen atoms in total. The zero-order valence-corrected chi connectivity index (χ0v) is 11.0. The van der Waals surface area contributed by atoms with Crippen molar-refractivity contribution in [2.75, 3.05) is 13.1 Å². The first-order valence-corrected chi connectivity index (χ1v) is 6.65. The number of para-hydroxylation sites is 1. The number of hydrogen-bond acceptors (Lipinski definition) is 3. The summed E-state index contributed by atoms with van der Waals surface area (Å²) in [4.78, 5) is 14.5. The van der Waals surface area contributed by atoms with E-state index in [0.717, 1.165) is 23.7 Å². The molecule has 1 saturated carbocycles. The molecule has 19 heavy (non-hydrogen) atoms. The van der Waals surface area contributed by atoms with E-state index >= 15 is 0 Å². The largest absolute Gasteiger partial charge is 0.333 e. The zero-order chi connectivity index (χ0) is 13.4. The maximum absolute atomic E-state index is 12.6. The Bertz CT molecular complexity index is 615. The predicted molar refractivity (Wildman–Crippen MR) is 73.8 cm³/mol. The summed E-state index contributed by atoms with van der Waals surface area (Å²) in [7, 11) is 1.86. The highest BCUT2D eigenvalue weighted by molar-refractivity contribution is 6.05. The van der Waals surface area contributed by atoms with Gasteiger partial charge in [-0.2, -0.15) is 5.10 Å². The Balaban J connectivity index is 2.01. The van der Waals surface area contributed by atoms with Crippen LogP contribution in [0.2, 0.25) is 0 Å². The van der Waals surface area contributed by atoms with E-state index in [1.807, 2.05) is 36.2 Å². The molecule has 3 rings (SSSR count). The van der Waals surface area contributed by atoms with E-state index in [0.29, 0.717) is 24.8 Å². The summed E-state index contributed by atoms with van der Waals surface area (Å²) in [6.45, 7) is 1.10. The summed E-state index contributed by atoms with van der Waals surface area (Å²) < 4.78 is 1.76. The van der Waals surface area contributed by atoms with E-state index in [1.54, 1.807) is 4.68 Å². The molecule has 0 spiro atoms. The van der Waals surface area contributed by atoms with Crippen LogP contribution in [-0.2, 0) is 7.05 Å². The molecule has 1 aliphatic rings. The first kappa shape index (κ1) is 12.2. The lowest BCUT2D eigenvalue weighted by atomic mass is 10.2. The molecule has 0 aliphatic heterocycles. The standard InChI is InChI=1S/C14H18N4O/c1-17-12-5-3-2-4-11(12)13(16-17)14(19)18(9-8-15)10-6-7-10/h2-5,10H,6-9,15H2,1H3. The summed E-state index contributed by atoms with van der Waals surface area (Å²) in [5.41, 5.74) is 7.13. The van der Waals surface area contributed by atoms with Crippen molar-refractivity contribution in [2.24, 2.45) is 12.8 Å². The van der Waals surface area contributed by atoms with Gasteiger partial charge in [0.1, 0.15) is 0 Å². The molecule has 1 aromatic carbocycles. The first-order chi connectivity index (χ1) is 9.22. The van der Waals surface area contributed by atoms with E-state index < -0.39 is 0 Å². The second-order valence-corrected chi connectivity index (χ2v) is 5.01. The number of rotatable bonds is 4. The third kappa shape index (κ3) is 2.10. The number of aromatic nitrogens is 2. The van der Waals surface area contributed by atoms with Gasteiger partial charge in [0.15, 0.2) is 5.69 Å². The minimum atomic E-state index is 0.00440. The molecule has 1 fully saturated rings. The Kier molecular flexibility index (Phi) is 2.98. The normalized spacial score (nSPS) is 14.8. The van der Waals surface area contributed by atoms with Crippen LogP contribution in [0.3, 0.4) is 0 Å². The Morgan fingerprint density at radius 3 is 2.89 bits per heavy atom. The molecule has 1 amide bonds. The van der Waals surface area contributed by atoms with Crippen LogP contribution >= 0.6 is 0 Å². The topological polar surface area (TPSA) is 64.2 Å². The SMILES string of the molecule is Cn1nc(C(=O)N(CCN)C2CC2)c2ccccc21. The van der Waals surface area contributed by atoms with E-state index in [2.05, 4.69) is 5.10 Å². The molecular weight excluding hydrogens is 240 g/mol. The van der Waals surface area contributed by atoms with Crippen LogP contribution in [0.5, 0.6) is 0 Å². The minimum Gasteiger partial charge on any atom is -0.333 e. The summed E-state index contributed by atoms with van der Waals surface area (Å²) in [6.07, 6.45) is 2.16. The number of amides is 1. The summed E-state index contributed by atoms with van der Waals surface area (Å²) >= 11 is 0. The quantitative estimate of drug-likeness (QED) is 0.894. The molecule has 0 atom stereocenters. The Morgan fingerprint density at radius 1 is 1.47 bits per heavy atom. The lowest BCUT2D eigenvalue weighted by Gasteiger charge is -2.20. The van der Waals surface area contributed by atoms with Crippen molar-refractivity contribution in [1.82, 2.24) is 14.7 Å². The van der Waals surface area contributed by atoms with Gasteiger partial charge in [-0.25, -0.2) is 0 Å². The number of nitrogens with zero attached hydrogens (tertiary/aromatic N) is 3. The van der Waals surface area contributed by atoms with Gasteiger partial charge in [0.25, 0.3) is 5.91 Å². The van der Waals surface area contributed by atoms with Crippen molar-refractivity contribution in [3.05, 3.63) is 30.0 Å². The third-order valence-electron chi connectivity index (χ3n) is 3.58. The average molecular weight is 258 g/mol. The fourth-order valence-electron chi connectivity index (χ4n) is 2.48. The Labute approximate surface area is 112 Å². The van der Waals surface area contributed by atoms with Gasteiger partial charge in [-0.15, -0.1) is 0 Å².